The first-order valence-corrected chi connectivity index (χ1v) is 12.6. The summed E-state index contributed by atoms with van der Waals surface area (Å²) in [5.41, 5.74) is 4.13. The van der Waals surface area contributed by atoms with Crippen LogP contribution in [-0.4, -0.2) is 41.4 Å². The third-order valence-corrected chi connectivity index (χ3v) is 7.71. The molecule has 0 aromatic heterocycles. The quantitative estimate of drug-likeness (QED) is 0.495. The van der Waals surface area contributed by atoms with E-state index in [1.807, 2.05) is 31.2 Å². The standard InChI is InChI=1S/C26H28BrF4N3O2/c1-24(32)10-12-34(13-11-24)22(35)21(14-16-2-5-18(27)6-3-16)33-23(36)25(8-9-25)17-4-7-20(28)19(15-17)26(29,30)31/h2-7,15,21H,8-14,32H2,1H3,(H,33,36)/t21-/m0/s1. The molecule has 1 atom stereocenters. The predicted octanol–water partition coefficient (Wildman–Crippen LogP) is 4.71. The summed E-state index contributed by atoms with van der Waals surface area (Å²) in [6, 6.07) is 9.11. The Morgan fingerprint density at radius 1 is 1.08 bits per heavy atom. The molecule has 1 saturated carbocycles. The second-order valence-electron chi connectivity index (χ2n) is 10.1. The van der Waals surface area contributed by atoms with Crippen LogP contribution in [0.3, 0.4) is 0 Å². The van der Waals surface area contributed by atoms with Gasteiger partial charge in [-0.1, -0.05) is 34.1 Å². The lowest BCUT2D eigenvalue weighted by Crippen LogP contribution is -2.56. The minimum atomic E-state index is -4.88. The molecule has 1 saturated heterocycles. The van der Waals surface area contributed by atoms with E-state index in [4.69, 9.17) is 5.73 Å². The lowest BCUT2D eigenvalue weighted by Gasteiger charge is -2.38. The molecule has 10 heteroatoms. The number of carbonyl (C=O) groups is 2. The number of rotatable bonds is 6. The SMILES string of the molecule is CC1(N)CCN(C(=O)[C@H](Cc2ccc(Br)cc2)NC(=O)C2(c3ccc(F)c(C(F)(F)F)c3)CC2)CC1. The minimum Gasteiger partial charge on any atom is -0.343 e. The van der Waals surface area contributed by atoms with Gasteiger partial charge in [-0.2, -0.15) is 13.2 Å². The Balaban J connectivity index is 1.58. The van der Waals surface area contributed by atoms with Crippen LogP contribution in [0.5, 0.6) is 0 Å². The van der Waals surface area contributed by atoms with Crippen LogP contribution in [0.2, 0.25) is 0 Å². The highest BCUT2D eigenvalue weighted by molar-refractivity contribution is 9.10. The van der Waals surface area contributed by atoms with Crippen LogP contribution >= 0.6 is 15.9 Å². The van der Waals surface area contributed by atoms with Crippen molar-refractivity contribution in [2.45, 2.75) is 62.2 Å². The first kappa shape index (κ1) is 26.6. The number of benzene rings is 2. The van der Waals surface area contributed by atoms with Gasteiger partial charge in [0, 0.05) is 29.5 Å². The predicted molar refractivity (Wildman–Crippen MR) is 130 cm³/mol. The third-order valence-electron chi connectivity index (χ3n) is 7.18. The highest BCUT2D eigenvalue weighted by atomic mass is 79.9. The van der Waals surface area contributed by atoms with Crippen LogP contribution in [0.25, 0.3) is 0 Å². The van der Waals surface area contributed by atoms with E-state index in [0.29, 0.717) is 44.8 Å². The van der Waals surface area contributed by atoms with E-state index in [9.17, 15) is 27.2 Å². The second kappa shape index (κ2) is 9.78. The van der Waals surface area contributed by atoms with Gasteiger partial charge < -0.3 is 16.0 Å². The number of carbonyl (C=O) groups excluding carboxylic acids is 2. The number of alkyl halides is 3. The van der Waals surface area contributed by atoms with Crippen molar-refractivity contribution in [2.24, 2.45) is 5.73 Å². The zero-order valence-electron chi connectivity index (χ0n) is 19.8. The van der Waals surface area contributed by atoms with Gasteiger partial charge >= 0.3 is 6.18 Å². The average Bonchev–Trinajstić information content (AvgIpc) is 3.61. The largest absolute Gasteiger partial charge is 0.419 e. The van der Waals surface area contributed by atoms with E-state index >= 15 is 0 Å². The number of hydrogen-bond acceptors (Lipinski definition) is 3. The molecule has 3 N–H and O–H groups in total. The number of nitrogens with zero attached hydrogens (tertiary/aromatic N) is 1. The van der Waals surface area contributed by atoms with E-state index in [1.165, 1.54) is 6.07 Å². The van der Waals surface area contributed by atoms with Crippen LogP contribution < -0.4 is 11.1 Å². The Morgan fingerprint density at radius 3 is 2.25 bits per heavy atom. The zero-order chi connectivity index (χ0) is 26.3. The maximum Gasteiger partial charge on any atom is 0.419 e. The van der Waals surface area contributed by atoms with Gasteiger partial charge in [0.25, 0.3) is 0 Å². The fourth-order valence-corrected chi connectivity index (χ4v) is 4.89. The normalized spacial score (nSPS) is 19.5. The second-order valence-corrected chi connectivity index (χ2v) is 11.0. The smallest absolute Gasteiger partial charge is 0.343 e. The third kappa shape index (κ3) is 5.75. The lowest BCUT2D eigenvalue weighted by molar-refractivity contribution is -0.140. The molecule has 0 unspecified atom stereocenters. The van der Waals surface area contributed by atoms with Crippen LogP contribution in [0, 0.1) is 5.82 Å². The molecular formula is C26H28BrF4N3O2. The lowest BCUT2D eigenvalue weighted by atomic mass is 9.90. The first-order valence-electron chi connectivity index (χ1n) is 11.8. The van der Waals surface area contributed by atoms with Gasteiger partial charge in [-0.25, -0.2) is 4.39 Å². The van der Waals surface area contributed by atoms with E-state index in [2.05, 4.69) is 21.2 Å². The van der Waals surface area contributed by atoms with Crippen molar-refractivity contribution in [3.8, 4) is 0 Å². The number of likely N-dealkylation sites (tertiary alicyclic amines) is 1. The Morgan fingerprint density at radius 2 is 1.69 bits per heavy atom. The van der Waals surface area contributed by atoms with Crippen molar-refractivity contribution in [3.05, 3.63) is 69.4 Å². The molecule has 194 valence electrons. The number of hydrogen-bond donors (Lipinski definition) is 2. The Hall–Kier alpha value is -2.46. The minimum absolute atomic E-state index is 0.0976. The summed E-state index contributed by atoms with van der Waals surface area (Å²) in [5.74, 6) is -2.17. The fourth-order valence-electron chi connectivity index (χ4n) is 4.62. The zero-order valence-corrected chi connectivity index (χ0v) is 21.4. The van der Waals surface area contributed by atoms with E-state index < -0.39 is 34.9 Å². The summed E-state index contributed by atoms with van der Waals surface area (Å²) < 4.78 is 54.6. The molecule has 0 spiro atoms. The van der Waals surface area contributed by atoms with E-state index in [0.717, 1.165) is 16.1 Å². The molecule has 0 bridgehead atoms. The molecule has 36 heavy (non-hydrogen) atoms. The summed E-state index contributed by atoms with van der Waals surface area (Å²) in [6.07, 6.45) is -2.78. The summed E-state index contributed by atoms with van der Waals surface area (Å²) in [4.78, 5) is 28.6. The van der Waals surface area contributed by atoms with Crippen molar-refractivity contribution in [1.82, 2.24) is 10.2 Å². The molecule has 1 aliphatic carbocycles. The maximum atomic E-state index is 13.8. The molecule has 4 rings (SSSR count). The van der Waals surface area contributed by atoms with Gasteiger partial charge in [-0.3, -0.25) is 9.59 Å². The summed E-state index contributed by atoms with van der Waals surface area (Å²) in [7, 11) is 0. The van der Waals surface area contributed by atoms with Crippen molar-refractivity contribution >= 4 is 27.7 Å². The van der Waals surface area contributed by atoms with Gasteiger partial charge in [0.2, 0.25) is 11.8 Å². The molecule has 2 amide bonds. The number of amides is 2. The molecule has 2 fully saturated rings. The fraction of sp³-hybridized carbons (Fsp3) is 0.462. The van der Waals surface area contributed by atoms with Gasteiger partial charge in [0.1, 0.15) is 11.9 Å². The molecular weight excluding hydrogens is 542 g/mol. The van der Waals surface area contributed by atoms with Gasteiger partial charge in [-0.15, -0.1) is 0 Å². The van der Waals surface area contributed by atoms with Crippen molar-refractivity contribution in [2.75, 3.05) is 13.1 Å². The molecule has 5 nitrogen and oxygen atoms in total. The Kier molecular flexibility index (Phi) is 7.22. The van der Waals surface area contributed by atoms with E-state index in [-0.39, 0.29) is 23.4 Å². The average molecular weight is 570 g/mol. The molecule has 2 aromatic rings. The van der Waals surface area contributed by atoms with Crippen molar-refractivity contribution < 1.29 is 27.2 Å². The van der Waals surface area contributed by atoms with E-state index in [1.54, 1.807) is 4.90 Å². The number of nitrogens with one attached hydrogen (secondary N) is 1. The van der Waals surface area contributed by atoms with Crippen molar-refractivity contribution in [1.29, 1.82) is 0 Å². The summed E-state index contributed by atoms with van der Waals surface area (Å²) in [6.45, 7) is 2.85. The highest BCUT2D eigenvalue weighted by Gasteiger charge is 2.53. The van der Waals surface area contributed by atoms with Crippen LogP contribution in [-0.2, 0) is 27.6 Å². The highest BCUT2D eigenvalue weighted by Crippen LogP contribution is 2.49. The molecule has 2 aliphatic rings. The Bertz CT molecular complexity index is 1140. The summed E-state index contributed by atoms with van der Waals surface area (Å²) >= 11 is 3.38. The molecule has 2 aromatic carbocycles. The number of halogens is 5. The van der Waals surface area contributed by atoms with Gasteiger partial charge in [0.15, 0.2) is 0 Å². The van der Waals surface area contributed by atoms with Crippen molar-refractivity contribution in [3.63, 3.8) is 0 Å². The van der Waals surface area contributed by atoms with Crippen LogP contribution in [0.1, 0.15) is 49.3 Å². The van der Waals surface area contributed by atoms with Crippen LogP contribution in [0.4, 0.5) is 17.6 Å². The van der Waals surface area contributed by atoms with Gasteiger partial charge in [-0.05, 0) is 68.0 Å². The van der Waals surface area contributed by atoms with Gasteiger partial charge in [0.05, 0.1) is 11.0 Å². The molecule has 1 heterocycles. The molecule has 1 aliphatic heterocycles. The molecule has 0 radical (unpaired) electrons. The monoisotopic (exact) mass is 569 g/mol. The Labute approximate surface area is 215 Å². The number of piperidine rings is 1. The summed E-state index contributed by atoms with van der Waals surface area (Å²) in [5, 5.41) is 2.82. The first-order chi connectivity index (χ1) is 16.8. The number of nitrogens with two attached hydrogens (primary N) is 1. The topological polar surface area (TPSA) is 75.4 Å². The maximum absolute atomic E-state index is 13.8. The van der Waals surface area contributed by atoms with Crippen LogP contribution in [0.15, 0.2) is 46.9 Å².